The Morgan fingerprint density at radius 1 is 1.40 bits per heavy atom. The largest absolute Gasteiger partial charge is 0.490 e. The molecule has 0 saturated heterocycles. The monoisotopic (exact) mass is 346 g/mol. The number of furan rings is 1. The van der Waals surface area contributed by atoms with Gasteiger partial charge in [-0.25, -0.2) is 4.79 Å². The summed E-state index contributed by atoms with van der Waals surface area (Å²) in [7, 11) is 0. The summed E-state index contributed by atoms with van der Waals surface area (Å²) in [6.45, 7) is 4.36. The number of hydrogen-bond donors (Lipinski definition) is 3. The maximum atomic E-state index is 12.2. The van der Waals surface area contributed by atoms with Crippen LogP contribution in [0.2, 0.25) is 0 Å². The van der Waals surface area contributed by atoms with Gasteiger partial charge >= 0.3 is 6.03 Å². The Hall–Kier alpha value is -2.21. The molecule has 136 valence electrons. The van der Waals surface area contributed by atoms with Crippen molar-refractivity contribution in [1.82, 2.24) is 10.6 Å². The first-order chi connectivity index (χ1) is 12.1. The Morgan fingerprint density at radius 3 is 2.96 bits per heavy atom. The zero-order valence-electron chi connectivity index (χ0n) is 14.7. The van der Waals surface area contributed by atoms with Crippen LogP contribution >= 0.6 is 0 Å². The number of ether oxygens (including phenoxy) is 1. The van der Waals surface area contributed by atoms with E-state index >= 15 is 0 Å². The van der Waals surface area contributed by atoms with Crippen molar-refractivity contribution in [3.63, 3.8) is 0 Å². The third-order valence-electron chi connectivity index (χ3n) is 4.65. The van der Waals surface area contributed by atoms with Gasteiger partial charge in [0.2, 0.25) is 0 Å². The summed E-state index contributed by atoms with van der Waals surface area (Å²) >= 11 is 0. The number of nitrogens with one attached hydrogen (secondary N) is 2. The van der Waals surface area contributed by atoms with Crippen LogP contribution in [0.25, 0.3) is 11.0 Å². The van der Waals surface area contributed by atoms with Gasteiger partial charge in [-0.05, 0) is 38.8 Å². The predicted molar refractivity (Wildman–Crippen MR) is 95.7 cm³/mol. The van der Waals surface area contributed by atoms with Gasteiger partial charge in [-0.1, -0.05) is 25.0 Å². The molecule has 3 N–H and O–H groups in total. The Balaban J connectivity index is 1.66. The lowest BCUT2D eigenvalue weighted by molar-refractivity contribution is 0.0940. The summed E-state index contributed by atoms with van der Waals surface area (Å²) in [5.74, 6) is 1.37. The van der Waals surface area contributed by atoms with E-state index in [4.69, 9.17) is 9.15 Å². The molecule has 6 nitrogen and oxygen atoms in total. The number of rotatable bonds is 5. The van der Waals surface area contributed by atoms with Crippen LogP contribution in [0, 0.1) is 0 Å². The molecule has 6 heteroatoms. The smallest absolute Gasteiger partial charge is 0.315 e. The average Bonchev–Trinajstić information content (AvgIpc) is 3.03. The minimum absolute atomic E-state index is 0.179. The second-order valence-electron chi connectivity index (χ2n) is 6.55. The lowest BCUT2D eigenvalue weighted by atomic mass is 9.93. The second-order valence-corrected chi connectivity index (χ2v) is 6.55. The van der Waals surface area contributed by atoms with Crippen LogP contribution in [-0.4, -0.2) is 29.9 Å². The molecule has 1 heterocycles. The molecule has 0 bridgehead atoms. The fourth-order valence-corrected chi connectivity index (χ4v) is 3.30. The van der Waals surface area contributed by atoms with Gasteiger partial charge in [-0.2, -0.15) is 0 Å². The molecule has 3 atom stereocenters. The standard InChI is InChI=1S/C19H26N2O4/c1-3-24-16-10-6-7-13-11-17(25-18(13)16)12(2)20-19(23)21-14-8-4-5-9-15(14)22/h6-7,10-12,14-15,22H,3-5,8-9H2,1-2H3,(H2,20,21,23). The van der Waals surface area contributed by atoms with Gasteiger partial charge in [0, 0.05) is 5.39 Å². The molecule has 1 aliphatic carbocycles. The van der Waals surface area contributed by atoms with Crippen molar-refractivity contribution in [2.45, 2.75) is 57.7 Å². The van der Waals surface area contributed by atoms with Crippen LogP contribution in [-0.2, 0) is 0 Å². The van der Waals surface area contributed by atoms with Gasteiger partial charge in [-0.3, -0.25) is 0 Å². The van der Waals surface area contributed by atoms with Crippen LogP contribution in [0.1, 0.15) is 51.3 Å². The highest BCUT2D eigenvalue weighted by atomic mass is 16.5. The number of para-hydroxylation sites is 1. The van der Waals surface area contributed by atoms with E-state index in [9.17, 15) is 9.90 Å². The molecule has 0 radical (unpaired) electrons. The van der Waals surface area contributed by atoms with E-state index < -0.39 is 6.10 Å². The highest BCUT2D eigenvalue weighted by Gasteiger charge is 2.25. The second kappa shape index (κ2) is 7.78. The summed E-state index contributed by atoms with van der Waals surface area (Å²) in [5, 5.41) is 16.7. The van der Waals surface area contributed by atoms with Gasteiger partial charge < -0.3 is 24.9 Å². The molecule has 25 heavy (non-hydrogen) atoms. The summed E-state index contributed by atoms with van der Waals surface area (Å²) in [5.41, 5.74) is 0.691. The Bertz CT molecular complexity index is 727. The van der Waals surface area contributed by atoms with E-state index in [1.165, 1.54) is 0 Å². The first-order valence-corrected chi connectivity index (χ1v) is 8.99. The normalized spacial score (nSPS) is 21.7. The van der Waals surface area contributed by atoms with E-state index in [-0.39, 0.29) is 18.1 Å². The molecule has 0 aliphatic heterocycles. The number of hydrogen-bond acceptors (Lipinski definition) is 4. The number of aliphatic hydroxyl groups is 1. The minimum atomic E-state index is -0.463. The van der Waals surface area contributed by atoms with Crippen LogP contribution in [0.4, 0.5) is 4.79 Å². The fourth-order valence-electron chi connectivity index (χ4n) is 3.30. The van der Waals surface area contributed by atoms with E-state index in [2.05, 4.69) is 10.6 Å². The van der Waals surface area contributed by atoms with Gasteiger partial charge in [0.25, 0.3) is 0 Å². The number of urea groups is 1. The third kappa shape index (κ3) is 4.07. The van der Waals surface area contributed by atoms with Crippen molar-refractivity contribution in [2.75, 3.05) is 6.61 Å². The van der Waals surface area contributed by atoms with Crippen molar-refractivity contribution in [3.8, 4) is 5.75 Å². The number of amides is 2. The van der Waals surface area contributed by atoms with Gasteiger partial charge in [-0.15, -0.1) is 0 Å². The highest BCUT2D eigenvalue weighted by Crippen LogP contribution is 2.31. The first kappa shape index (κ1) is 17.6. The molecular weight excluding hydrogens is 320 g/mol. The predicted octanol–water partition coefficient (Wildman–Crippen LogP) is 3.50. The lowest BCUT2D eigenvalue weighted by Gasteiger charge is -2.28. The molecule has 3 rings (SSSR count). The van der Waals surface area contributed by atoms with Crippen LogP contribution in [0.5, 0.6) is 5.75 Å². The van der Waals surface area contributed by atoms with Crippen molar-refractivity contribution in [1.29, 1.82) is 0 Å². The summed E-state index contributed by atoms with van der Waals surface area (Å²) in [6.07, 6.45) is 3.13. The van der Waals surface area contributed by atoms with E-state index in [1.54, 1.807) is 0 Å². The topological polar surface area (TPSA) is 83.7 Å². The number of carbonyl (C=O) groups excluding carboxylic acids is 1. The lowest BCUT2D eigenvalue weighted by Crippen LogP contribution is -2.49. The molecule has 0 spiro atoms. The van der Waals surface area contributed by atoms with Gasteiger partial charge in [0.1, 0.15) is 5.76 Å². The molecule has 2 aromatic rings. The molecule has 1 aromatic heterocycles. The maximum Gasteiger partial charge on any atom is 0.315 e. The molecule has 1 fully saturated rings. The number of carbonyl (C=O) groups is 1. The quantitative estimate of drug-likeness (QED) is 0.774. The van der Waals surface area contributed by atoms with Crippen molar-refractivity contribution in [2.24, 2.45) is 0 Å². The van der Waals surface area contributed by atoms with Crippen molar-refractivity contribution >= 4 is 17.0 Å². The average molecular weight is 346 g/mol. The Morgan fingerprint density at radius 2 is 2.20 bits per heavy atom. The minimum Gasteiger partial charge on any atom is -0.490 e. The maximum absolute atomic E-state index is 12.2. The highest BCUT2D eigenvalue weighted by molar-refractivity contribution is 5.84. The fraction of sp³-hybridized carbons (Fsp3) is 0.526. The Kier molecular flexibility index (Phi) is 5.48. The van der Waals surface area contributed by atoms with E-state index in [0.717, 1.165) is 31.1 Å². The summed E-state index contributed by atoms with van der Waals surface area (Å²) in [4.78, 5) is 12.2. The zero-order chi connectivity index (χ0) is 17.8. The molecule has 1 saturated carbocycles. The number of fused-ring (bicyclic) bond motifs is 1. The SMILES string of the molecule is CCOc1cccc2cc(C(C)NC(=O)NC3CCCCC3O)oc12. The first-order valence-electron chi connectivity index (χ1n) is 8.99. The zero-order valence-corrected chi connectivity index (χ0v) is 14.7. The van der Waals surface area contributed by atoms with Crippen LogP contribution in [0.3, 0.4) is 0 Å². The van der Waals surface area contributed by atoms with Crippen molar-refractivity contribution < 1.29 is 19.1 Å². The van der Waals surface area contributed by atoms with Crippen LogP contribution in [0.15, 0.2) is 28.7 Å². The number of benzene rings is 1. The molecule has 2 amide bonds. The van der Waals surface area contributed by atoms with Crippen LogP contribution < -0.4 is 15.4 Å². The van der Waals surface area contributed by atoms with Gasteiger partial charge in [0.15, 0.2) is 11.3 Å². The van der Waals surface area contributed by atoms with E-state index in [0.29, 0.717) is 23.7 Å². The van der Waals surface area contributed by atoms with E-state index in [1.807, 2.05) is 38.1 Å². The molecular formula is C19H26N2O4. The summed E-state index contributed by atoms with van der Waals surface area (Å²) in [6, 6.07) is 6.90. The molecule has 1 aliphatic rings. The van der Waals surface area contributed by atoms with Crippen molar-refractivity contribution in [3.05, 3.63) is 30.0 Å². The molecule has 3 unspecified atom stereocenters. The summed E-state index contributed by atoms with van der Waals surface area (Å²) < 4.78 is 11.5. The Labute approximate surface area is 147 Å². The molecule has 1 aromatic carbocycles. The van der Waals surface area contributed by atoms with Gasteiger partial charge in [0.05, 0.1) is 24.8 Å². The number of aliphatic hydroxyl groups excluding tert-OH is 1. The third-order valence-corrected chi connectivity index (χ3v) is 4.65.